The minimum Gasteiger partial charge on any atom is -0.490 e. The van der Waals surface area contributed by atoms with E-state index in [1.165, 1.54) is 0 Å². The molecule has 2 aromatic rings. The molecule has 1 fully saturated rings. The zero-order valence-electron chi connectivity index (χ0n) is 17.3. The van der Waals surface area contributed by atoms with Crippen molar-refractivity contribution < 1.29 is 23.9 Å². The molecular weight excluding hydrogens is 398 g/mol. The molecule has 2 aromatic carbocycles. The summed E-state index contributed by atoms with van der Waals surface area (Å²) in [6.07, 6.45) is 1.44. The summed E-state index contributed by atoms with van der Waals surface area (Å²) in [4.78, 5) is 38.9. The second-order valence-corrected chi connectivity index (χ2v) is 7.74. The second kappa shape index (κ2) is 8.67. The van der Waals surface area contributed by atoms with Gasteiger partial charge in [-0.05, 0) is 36.6 Å². The number of amides is 4. The molecule has 2 heterocycles. The highest BCUT2D eigenvalue weighted by Gasteiger charge is 2.49. The molecule has 8 heteroatoms. The lowest BCUT2D eigenvalue weighted by Crippen LogP contribution is -2.43. The van der Waals surface area contributed by atoms with Crippen LogP contribution in [0.3, 0.4) is 0 Å². The number of rotatable bonds is 6. The number of nitrogens with zero attached hydrogens (tertiary/aromatic N) is 1. The van der Waals surface area contributed by atoms with Crippen molar-refractivity contribution in [2.75, 3.05) is 26.3 Å². The van der Waals surface area contributed by atoms with Crippen LogP contribution in [0.5, 0.6) is 11.5 Å². The third-order valence-electron chi connectivity index (χ3n) is 5.48. The molecule has 1 saturated heterocycles. The molecule has 2 aliphatic rings. The Hall–Kier alpha value is -3.55. The van der Waals surface area contributed by atoms with E-state index in [-0.39, 0.29) is 12.5 Å². The smallest absolute Gasteiger partial charge is 0.325 e. The average Bonchev–Trinajstić information content (AvgIpc) is 2.94. The van der Waals surface area contributed by atoms with Crippen molar-refractivity contribution in [2.24, 2.45) is 0 Å². The summed E-state index contributed by atoms with van der Waals surface area (Å²) in [5.74, 6) is 0.277. The summed E-state index contributed by atoms with van der Waals surface area (Å²) < 4.78 is 11.3. The second-order valence-electron chi connectivity index (χ2n) is 7.74. The highest BCUT2D eigenvalue weighted by molar-refractivity contribution is 6.09. The Bertz CT molecular complexity index is 994. The van der Waals surface area contributed by atoms with Crippen LogP contribution in [0.2, 0.25) is 0 Å². The fourth-order valence-electron chi connectivity index (χ4n) is 3.70. The summed E-state index contributed by atoms with van der Waals surface area (Å²) in [5.41, 5.74) is 0.383. The first-order chi connectivity index (χ1) is 15.0. The van der Waals surface area contributed by atoms with Crippen LogP contribution in [0, 0.1) is 0 Å². The largest absolute Gasteiger partial charge is 0.490 e. The van der Waals surface area contributed by atoms with Crippen LogP contribution in [0.1, 0.15) is 24.5 Å². The van der Waals surface area contributed by atoms with Crippen molar-refractivity contribution in [1.82, 2.24) is 15.5 Å². The van der Waals surface area contributed by atoms with Crippen molar-refractivity contribution in [3.05, 3.63) is 59.7 Å². The van der Waals surface area contributed by atoms with Gasteiger partial charge in [0.1, 0.15) is 12.1 Å². The van der Waals surface area contributed by atoms with Gasteiger partial charge in [0.2, 0.25) is 5.91 Å². The third-order valence-corrected chi connectivity index (χ3v) is 5.48. The maximum Gasteiger partial charge on any atom is 0.325 e. The van der Waals surface area contributed by atoms with E-state index in [1.54, 1.807) is 25.1 Å². The fraction of sp³-hybridized carbons (Fsp3) is 0.348. The van der Waals surface area contributed by atoms with Gasteiger partial charge >= 0.3 is 6.03 Å². The first-order valence-corrected chi connectivity index (χ1v) is 10.3. The molecule has 0 spiro atoms. The molecule has 4 rings (SSSR count). The average molecular weight is 423 g/mol. The number of hydrogen-bond donors (Lipinski definition) is 2. The Morgan fingerprint density at radius 1 is 1.10 bits per heavy atom. The molecule has 0 radical (unpaired) electrons. The lowest BCUT2D eigenvalue weighted by atomic mass is 9.91. The number of nitrogens with one attached hydrogen (secondary N) is 2. The highest BCUT2D eigenvalue weighted by Crippen LogP contribution is 2.36. The summed E-state index contributed by atoms with van der Waals surface area (Å²) in [7, 11) is 0. The molecule has 0 unspecified atom stereocenters. The first kappa shape index (κ1) is 20.7. The maximum atomic E-state index is 13.1. The van der Waals surface area contributed by atoms with Crippen molar-refractivity contribution in [1.29, 1.82) is 0 Å². The van der Waals surface area contributed by atoms with Gasteiger partial charge in [0.25, 0.3) is 5.91 Å². The molecular formula is C23H25N3O5. The maximum absolute atomic E-state index is 13.1. The summed E-state index contributed by atoms with van der Waals surface area (Å²) in [6.45, 7) is 2.79. The zero-order valence-corrected chi connectivity index (χ0v) is 17.3. The normalized spacial score (nSPS) is 20.2. The molecule has 0 bridgehead atoms. The third kappa shape index (κ3) is 4.33. The Morgan fingerprint density at radius 2 is 1.84 bits per heavy atom. The molecule has 0 aliphatic carbocycles. The van der Waals surface area contributed by atoms with Crippen LogP contribution in [0.25, 0.3) is 0 Å². The topological polar surface area (TPSA) is 97.0 Å². The summed E-state index contributed by atoms with van der Waals surface area (Å²) in [6, 6.07) is 14.3. The van der Waals surface area contributed by atoms with Crippen molar-refractivity contribution in [3.8, 4) is 11.5 Å². The lowest BCUT2D eigenvalue weighted by molar-refractivity contribution is -0.134. The summed E-state index contributed by atoms with van der Waals surface area (Å²) >= 11 is 0. The van der Waals surface area contributed by atoms with E-state index >= 15 is 0 Å². The molecule has 4 amide bonds. The monoisotopic (exact) mass is 423 g/mol. The van der Waals surface area contributed by atoms with Gasteiger partial charge in [0, 0.05) is 13.0 Å². The van der Waals surface area contributed by atoms with Gasteiger partial charge in [0.15, 0.2) is 11.5 Å². The molecule has 2 aliphatic heterocycles. The SMILES string of the molecule is C[C@@]1(c2ccc3c(c2)OCCCO3)NC(=O)N(CC(=O)NCCc2ccccc2)C1=O. The van der Waals surface area contributed by atoms with E-state index in [9.17, 15) is 14.4 Å². The van der Waals surface area contributed by atoms with E-state index in [2.05, 4.69) is 10.6 Å². The predicted molar refractivity (Wildman–Crippen MR) is 113 cm³/mol. The number of urea groups is 1. The van der Waals surface area contributed by atoms with E-state index in [0.717, 1.165) is 16.9 Å². The van der Waals surface area contributed by atoms with Gasteiger partial charge in [-0.1, -0.05) is 36.4 Å². The van der Waals surface area contributed by atoms with E-state index in [0.29, 0.717) is 43.2 Å². The van der Waals surface area contributed by atoms with Gasteiger partial charge in [-0.2, -0.15) is 0 Å². The number of carbonyl (C=O) groups excluding carboxylic acids is 3. The number of benzene rings is 2. The fourth-order valence-corrected chi connectivity index (χ4v) is 3.70. The predicted octanol–water partition coefficient (Wildman–Crippen LogP) is 1.97. The van der Waals surface area contributed by atoms with Gasteiger partial charge in [-0.25, -0.2) is 4.79 Å². The van der Waals surface area contributed by atoms with E-state index in [4.69, 9.17) is 9.47 Å². The number of hydrogen-bond acceptors (Lipinski definition) is 5. The molecule has 0 saturated carbocycles. The van der Waals surface area contributed by atoms with Crippen LogP contribution in [0.15, 0.2) is 48.5 Å². The Kier molecular flexibility index (Phi) is 5.79. The molecule has 8 nitrogen and oxygen atoms in total. The number of fused-ring (bicyclic) bond motifs is 1. The van der Waals surface area contributed by atoms with Crippen LogP contribution >= 0.6 is 0 Å². The molecule has 2 N–H and O–H groups in total. The van der Waals surface area contributed by atoms with Crippen molar-refractivity contribution >= 4 is 17.8 Å². The Balaban J connectivity index is 1.41. The van der Waals surface area contributed by atoms with Crippen LogP contribution in [0.4, 0.5) is 4.79 Å². The van der Waals surface area contributed by atoms with Crippen LogP contribution in [-0.2, 0) is 21.5 Å². The van der Waals surface area contributed by atoms with Crippen molar-refractivity contribution in [2.45, 2.75) is 25.3 Å². The Morgan fingerprint density at radius 3 is 2.61 bits per heavy atom. The molecule has 31 heavy (non-hydrogen) atoms. The standard InChI is InChI=1S/C23H25N3O5/c1-23(17-8-9-18-19(14-17)31-13-5-12-30-18)21(28)26(22(29)25-23)15-20(27)24-11-10-16-6-3-2-4-7-16/h2-4,6-9,14H,5,10-13,15H2,1H3,(H,24,27)(H,25,29)/t23-/m0/s1. The number of imide groups is 1. The summed E-state index contributed by atoms with van der Waals surface area (Å²) in [5, 5.41) is 5.48. The number of carbonyl (C=O) groups is 3. The minimum atomic E-state index is -1.29. The number of ether oxygens (including phenoxy) is 2. The van der Waals surface area contributed by atoms with Crippen LogP contribution in [-0.4, -0.2) is 49.0 Å². The Labute approximate surface area is 180 Å². The van der Waals surface area contributed by atoms with Gasteiger partial charge in [0.05, 0.1) is 13.2 Å². The molecule has 1 atom stereocenters. The van der Waals surface area contributed by atoms with Gasteiger partial charge < -0.3 is 20.1 Å². The van der Waals surface area contributed by atoms with E-state index in [1.807, 2.05) is 30.3 Å². The quantitative estimate of drug-likeness (QED) is 0.693. The first-order valence-electron chi connectivity index (χ1n) is 10.3. The van der Waals surface area contributed by atoms with E-state index < -0.39 is 17.5 Å². The van der Waals surface area contributed by atoms with Gasteiger partial charge in [-0.3, -0.25) is 14.5 Å². The zero-order chi connectivity index (χ0) is 21.8. The molecule has 0 aromatic heterocycles. The highest BCUT2D eigenvalue weighted by atomic mass is 16.5. The molecule has 162 valence electrons. The lowest BCUT2D eigenvalue weighted by Gasteiger charge is -2.23. The van der Waals surface area contributed by atoms with Crippen LogP contribution < -0.4 is 20.1 Å². The minimum absolute atomic E-state index is 0.334. The van der Waals surface area contributed by atoms with Crippen molar-refractivity contribution in [3.63, 3.8) is 0 Å². The van der Waals surface area contributed by atoms with Gasteiger partial charge in [-0.15, -0.1) is 0 Å².